The molecule has 7 heteroatoms. The Hall–Kier alpha value is -2.25. The normalized spacial score (nSPS) is 15.4. The first-order valence-electron chi connectivity index (χ1n) is 9.14. The van der Waals surface area contributed by atoms with E-state index in [9.17, 15) is 4.79 Å². The van der Waals surface area contributed by atoms with Crippen molar-refractivity contribution in [2.75, 3.05) is 13.1 Å². The van der Waals surface area contributed by atoms with E-state index in [0.717, 1.165) is 48.0 Å². The van der Waals surface area contributed by atoms with Crippen molar-refractivity contribution in [1.82, 2.24) is 24.6 Å². The van der Waals surface area contributed by atoms with E-state index in [2.05, 4.69) is 22.5 Å². The van der Waals surface area contributed by atoms with Gasteiger partial charge in [0.2, 0.25) is 0 Å². The minimum atomic E-state index is -0.0321. The number of nitrogens with one attached hydrogen (secondary N) is 1. The van der Waals surface area contributed by atoms with Crippen LogP contribution in [0.3, 0.4) is 0 Å². The van der Waals surface area contributed by atoms with Crippen molar-refractivity contribution in [1.29, 1.82) is 0 Å². The molecule has 4 rings (SSSR count). The van der Waals surface area contributed by atoms with E-state index >= 15 is 0 Å². The topological polar surface area (TPSA) is 64.7 Å². The van der Waals surface area contributed by atoms with Crippen LogP contribution < -0.4 is 11.0 Å². The third-order valence-electron chi connectivity index (χ3n) is 4.86. The minimum absolute atomic E-state index is 0.0321. The van der Waals surface area contributed by atoms with Crippen molar-refractivity contribution in [3.05, 3.63) is 57.7 Å². The quantitative estimate of drug-likeness (QED) is 0.751. The minimum Gasteiger partial charge on any atom is -0.317 e. The molecule has 26 heavy (non-hydrogen) atoms. The fraction of sp³-hybridized carbons (Fsp3) is 0.421. The molecule has 0 radical (unpaired) electrons. The summed E-state index contributed by atoms with van der Waals surface area (Å²) in [6.07, 6.45) is 2.07. The van der Waals surface area contributed by atoms with Gasteiger partial charge < -0.3 is 5.32 Å². The first-order chi connectivity index (χ1) is 12.8. The first kappa shape index (κ1) is 17.2. The van der Waals surface area contributed by atoms with Crippen molar-refractivity contribution in [2.24, 2.45) is 0 Å². The Morgan fingerprint density at radius 2 is 2.00 bits per heavy atom. The van der Waals surface area contributed by atoms with Gasteiger partial charge in [0.15, 0.2) is 0 Å². The number of aromatic nitrogens is 4. The highest BCUT2D eigenvalue weighted by Crippen LogP contribution is 2.25. The molecule has 1 aromatic carbocycles. The summed E-state index contributed by atoms with van der Waals surface area (Å²) < 4.78 is 3.39. The monoisotopic (exact) mass is 369 g/mol. The molecule has 1 aliphatic heterocycles. The number of thiazole rings is 1. The fourth-order valence-electron chi connectivity index (χ4n) is 3.49. The molecule has 0 unspecified atom stereocenters. The first-order valence-corrected chi connectivity index (χ1v) is 10.0. The van der Waals surface area contributed by atoms with Crippen LogP contribution in [0.4, 0.5) is 0 Å². The molecule has 1 N–H and O–H groups in total. The Morgan fingerprint density at radius 3 is 2.73 bits per heavy atom. The van der Waals surface area contributed by atoms with Crippen molar-refractivity contribution in [3.63, 3.8) is 0 Å². The molecule has 0 atom stereocenters. The molecule has 1 aliphatic rings. The summed E-state index contributed by atoms with van der Waals surface area (Å²) in [5, 5.41) is 11.0. The molecular formula is C19H23N5OS. The summed E-state index contributed by atoms with van der Waals surface area (Å²) in [5.41, 5.74) is 1.95. The zero-order chi connectivity index (χ0) is 17.9. The van der Waals surface area contributed by atoms with Gasteiger partial charge in [0.1, 0.15) is 10.8 Å². The van der Waals surface area contributed by atoms with Gasteiger partial charge in [0, 0.05) is 23.4 Å². The summed E-state index contributed by atoms with van der Waals surface area (Å²) in [7, 11) is 0. The molecule has 1 saturated heterocycles. The predicted octanol–water partition coefficient (Wildman–Crippen LogP) is 2.70. The van der Waals surface area contributed by atoms with Crippen LogP contribution in [0.25, 0.3) is 10.6 Å². The number of piperidine rings is 1. The van der Waals surface area contributed by atoms with Gasteiger partial charge in [-0.1, -0.05) is 30.3 Å². The lowest BCUT2D eigenvalue weighted by Crippen LogP contribution is -2.29. The zero-order valence-corrected chi connectivity index (χ0v) is 15.7. The molecule has 0 spiro atoms. The number of rotatable bonds is 5. The van der Waals surface area contributed by atoms with Gasteiger partial charge in [-0.25, -0.2) is 14.5 Å². The van der Waals surface area contributed by atoms with Crippen LogP contribution in [0, 0.1) is 0 Å². The van der Waals surface area contributed by atoms with Gasteiger partial charge in [-0.3, -0.25) is 4.57 Å². The number of nitrogens with zero attached hydrogens (tertiary/aromatic N) is 4. The van der Waals surface area contributed by atoms with Crippen LogP contribution >= 0.6 is 11.3 Å². The lowest BCUT2D eigenvalue weighted by atomic mass is 9.97. The van der Waals surface area contributed by atoms with Gasteiger partial charge in [-0.15, -0.1) is 11.3 Å². The van der Waals surface area contributed by atoms with Crippen molar-refractivity contribution in [3.8, 4) is 10.6 Å². The fourth-order valence-corrected chi connectivity index (χ4v) is 4.30. The standard InChI is InChI=1S/C19H23N5OS/c1-2-23-17(14-8-10-20-11-9-14)22-24(19(23)25)12-16-13-26-18(21-16)15-6-4-3-5-7-15/h3-7,13-14,20H,2,8-12H2,1H3. The van der Waals surface area contributed by atoms with E-state index in [1.54, 1.807) is 16.0 Å². The maximum atomic E-state index is 12.8. The Kier molecular flexibility index (Phi) is 4.99. The molecule has 0 aliphatic carbocycles. The molecule has 0 saturated carbocycles. The molecule has 0 amide bonds. The summed E-state index contributed by atoms with van der Waals surface area (Å²) in [4.78, 5) is 17.5. The van der Waals surface area contributed by atoms with Crippen molar-refractivity contribution in [2.45, 2.75) is 38.8 Å². The van der Waals surface area contributed by atoms with E-state index in [0.29, 0.717) is 19.0 Å². The molecule has 6 nitrogen and oxygen atoms in total. The van der Waals surface area contributed by atoms with Gasteiger partial charge >= 0.3 is 5.69 Å². The predicted molar refractivity (Wildman–Crippen MR) is 104 cm³/mol. The number of hydrogen-bond donors (Lipinski definition) is 1. The van der Waals surface area contributed by atoms with Crippen LogP contribution in [0.5, 0.6) is 0 Å². The maximum Gasteiger partial charge on any atom is 0.346 e. The lowest BCUT2D eigenvalue weighted by Gasteiger charge is -2.21. The zero-order valence-electron chi connectivity index (χ0n) is 14.9. The molecular weight excluding hydrogens is 346 g/mol. The highest BCUT2D eigenvalue weighted by Gasteiger charge is 2.23. The van der Waals surface area contributed by atoms with E-state index in [1.165, 1.54) is 0 Å². The lowest BCUT2D eigenvalue weighted by molar-refractivity contribution is 0.429. The molecule has 0 bridgehead atoms. The van der Waals surface area contributed by atoms with E-state index in [1.807, 2.05) is 35.1 Å². The van der Waals surface area contributed by atoms with Crippen molar-refractivity contribution >= 4 is 11.3 Å². The molecule has 136 valence electrons. The van der Waals surface area contributed by atoms with Gasteiger partial charge in [0.05, 0.1) is 12.2 Å². The van der Waals surface area contributed by atoms with E-state index in [4.69, 9.17) is 4.98 Å². The maximum absolute atomic E-state index is 12.8. The van der Waals surface area contributed by atoms with Crippen LogP contribution in [0.2, 0.25) is 0 Å². The molecule has 2 aromatic heterocycles. The number of benzene rings is 1. The molecule has 3 aromatic rings. The van der Waals surface area contributed by atoms with E-state index < -0.39 is 0 Å². The Balaban J connectivity index is 1.60. The Bertz CT molecular complexity index is 921. The Morgan fingerprint density at radius 1 is 1.23 bits per heavy atom. The largest absolute Gasteiger partial charge is 0.346 e. The smallest absolute Gasteiger partial charge is 0.317 e. The summed E-state index contributed by atoms with van der Waals surface area (Å²) >= 11 is 1.60. The van der Waals surface area contributed by atoms with E-state index in [-0.39, 0.29) is 5.69 Å². The van der Waals surface area contributed by atoms with Gasteiger partial charge in [-0.2, -0.15) is 5.10 Å². The van der Waals surface area contributed by atoms with Crippen LogP contribution in [-0.2, 0) is 13.1 Å². The second-order valence-corrected chi connectivity index (χ2v) is 7.44. The second kappa shape index (κ2) is 7.55. The summed E-state index contributed by atoms with van der Waals surface area (Å²) in [5.74, 6) is 1.29. The Labute approximate surface area is 156 Å². The van der Waals surface area contributed by atoms with Crippen LogP contribution in [0.1, 0.15) is 37.2 Å². The third-order valence-corrected chi connectivity index (χ3v) is 5.80. The molecule has 3 heterocycles. The van der Waals surface area contributed by atoms with Crippen molar-refractivity contribution < 1.29 is 0 Å². The average molecular weight is 369 g/mol. The highest BCUT2D eigenvalue weighted by molar-refractivity contribution is 7.13. The average Bonchev–Trinajstić information content (AvgIpc) is 3.28. The summed E-state index contributed by atoms with van der Waals surface area (Å²) in [6, 6.07) is 10.1. The molecule has 1 fully saturated rings. The van der Waals surface area contributed by atoms with Gasteiger partial charge in [0.25, 0.3) is 0 Å². The van der Waals surface area contributed by atoms with Crippen LogP contribution in [0.15, 0.2) is 40.5 Å². The highest BCUT2D eigenvalue weighted by atomic mass is 32.1. The second-order valence-electron chi connectivity index (χ2n) is 6.58. The number of hydrogen-bond acceptors (Lipinski definition) is 5. The van der Waals surface area contributed by atoms with Crippen LogP contribution in [-0.4, -0.2) is 32.4 Å². The SMILES string of the molecule is CCn1c(C2CCNCC2)nn(Cc2csc(-c3ccccc3)n2)c1=O. The summed E-state index contributed by atoms with van der Waals surface area (Å²) in [6.45, 7) is 5.07. The third kappa shape index (κ3) is 3.37. The van der Waals surface area contributed by atoms with Gasteiger partial charge in [-0.05, 0) is 32.9 Å².